The van der Waals surface area contributed by atoms with Crippen LogP contribution < -0.4 is 4.74 Å². The Morgan fingerprint density at radius 1 is 1.13 bits per heavy atom. The van der Waals surface area contributed by atoms with Crippen LogP contribution in [-0.2, 0) is 14.3 Å². The second kappa shape index (κ2) is 11.0. The summed E-state index contributed by atoms with van der Waals surface area (Å²) in [6.07, 6.45) is 2.41. The van der Waals surface area contributed by atoms with E-state index in [1.807, 2.05) is 51.1 Å². The Morgan fingerprint density at radius 3 is 2.62 bits per heavy atom. The van der Waals surface area contributed by atoms with Crippen molar-refractivity contribution in [2.45, 2.75) is 70.4 Å². The third-order valence-corrected chi connectivity index (χ3v) is 7.71. The number of hydrogen-bond acceptors (Lipinski definition) is 8. The molecule has 0 radical (unpaired) electrons. The molecule has 1 saturated heterocycles. The first-order valence-corrected chi connectivity index (χ1v) is 13.8. The van der Waals surface area contributed by atoms with E-state index in [-0.39, 0.29) is 24.1 Å². The summed E-state index contributed by atoms with van der Waals surface area (Å²) >= 11 is 0. The molecule has 2 aromatic carbocycles. The molecule has 1 saturated carbocycles. The van der Waals surface area contributed by atoms with Crippen LogP contribution in [0.4, 0.5) is 4.79 Å². The second-order valence-electron chi connectivity index (χ2n) is 11.7. The minimum absolute atomic E-state index is 0.00685. The van der Waals surface area contributed by atoms with Gasteiger partial charge in [0.2, 0.25) is 0 Å². The number of hydrogen-bond donors (Lipinski definition) is 0. The lowest BCUT2D eigenvalue weighted by atomic mass is 9.83. The molecule has 5 rings (SSSR count). The molecule has 208 valence electrons. The molecule has 2 aliphatic rings. The summed E-state index contributed by atoms with van der Waals surface area (Å²) in [5.74, 6) is 0.273. The van der Waals surface area contributed by atoms with E-state index >= 15 is 0 Å². The average molecular weight is 536 g/mol. The number of likely N-dealkylation sites (N-methyl/N-ethyl adjacent to an activating group) is 1. The molecule has 2 heterocycles. The van der Waals surface area contributed by atoms with Gasteiger partial charge in [0.05, 0.1) is 17.7 Å². The van der Waals surface area contributed by atoms with Gasteiger partial charge in [-0.25, -0.2) is 4.79 Å². The Labute approximate surface area is 228 Å². The smallest absolute Gasteiger partial charge is 0.410 e. The topological polar surface area (TPSA) is 102 Å². The first-order valence-electron chi connectivity index (χ1n) is 13.8. The number of likely N-dealkylation sites (tertiary alicyclic amines) is 1. The fourth-order valence-corrected chi connectivity index (χ4v) is 5.57. The van der Waals surface area contributed by atoms with E-state index in [2.05, 4.69) is 17.1 Å². The number of aromatic nitrogens is 1. The van der Waals surface area contributed by atoms with Crippen molar-refractivity contribution in [2.24, 2.45) is 0 Å². The minimum atomic E-state index is -0.482. The summed E-state index contributed by atoms with van der Waals surface area (Å²) in [5, 5.41) is 7.01. The van der Waals surface area contributed by atoms with Crippen molar-refractivity contribution in [3.05, 3.63) is 36.0 Å². The van der Waals surface area contributed by atoms with Crippen LogP contribution in [0, 0.1) is 0 Å². The molecule has 1 aromatic heterocycles. The van der Waals surface area contributed by atoms with Gasteiger partial charge < -0.3 is 18.9 Å². The van der Waals surface area contributed by atoms with Crippen LogP contribution in [0.25, 0.3) is 21.7 Å². The molecule has 0 N–H and O–H groups in total. The quantitative estimate of drug-likeness (QED) is 0.402. The van der Waals surface area contributed by atoms with Gasteiger partial charge in [-0.1, -0.05) is 11.2 Å². The van der Waals surface area contributed by atoms with Crippen molar-refractivity contribution in [3.63, 3.8) is 0 Å². The maximum atomic E-state index is 12.6. The van der Waals surface area contributed by atoms with Crippen LogP contribution in [0.15, 0.2) is 34.9 Å². The summed E-state index contributed by atoms with van der Waals surface area (Å²) in [6.45, 7) is 8.35. The van der Waals surface area contributed by atoms with Gasteiger partial charge in [0.1, 0.15) is 35.2 Å². The number of benzene rings is 2. The van der Waals surface area contributed by atoms with Gasteiger partial charge in [0.15, 0.2) is 5.58 Å². The summed E-state index contributed by atoms with van der Waals surface area (Å²) in [6, 6.07) is 10.1. The van der Waals surface area contributed by atoms with Crippen molar-refractivity contribution < 1.29 is 28.4 Å². The van der Waals surface area contributed by atoms with Gasteiger partial charge in [-0.3, -0.25) is 14.5 Å². The van der Waals surface area contributed by atoms with E-state index in [4.69, 9.17) is 14.0 Å². The monoisotopic (exact) mass is 535 g/mol. The SMILES string of the molecule is CN(CCOc1ccc2c(ccc3onc([C@H]4CCC(=O)CC4=O)c32)c1)C1CCN(C(=O)OC(C)(C)C)CC1. The van der Waals surface area contributed by atoms with Crippen LogP contribution in [0.5, 0.6) is 5.75 Å². The molecule has 0 spiro atoms. The van der Waals surface area contributed by atoms with Gasteiger partial charge in [0, 0.05) is 32.1 Å². The molecular formula is C30H37N3O6. The molecule has 1 aliphatic heterocycles. The molecule has 3 aromatic rings. The zero-order valence-electron chi connectivity index (χ0n) is 23.2. The van der Waals surface area contributed by atoms with Crippen LogP contribution in [0.3, 0.4) is 0 Å². The van der Waals surface area contributed by atoms with E-state index in [0.717, 1.165) is 41.3 Å². The lowest BCUT2D eigenvalue weighted by molar-refractivity contribution is -0.130. The third kappa shape index (κ3) is 6.08. The van der Waals surface area contributed by atoms with E-state index in [1.54, 1.807) is 4.90 Å². The van der Waals surface area contributed by atoms with Gasteiger partial charge in [-0.2, -0.15) is 0 Å². The molecule has 0 unspecified atom stereocenters. The van der Waals surface area contributed by atoms with Gasteiger partial charge >= 0.3 is 6.09 Å². The first kappa shape index (κ1) is 27.1. The zero-order chi connectivity index (χ0) is 27.7. The third-order valence-electron chi connectivity index (χ3n) is 7.71. The molecule has 1 amide bonds. The number of nitrogens with zero attached hydrogens (tertiary/aromatic N) is 3. The normalized spacial score (nSPS) is 19.3. The fraction of sp³-hybridized carbons (Fsp3) is 0.533. The first-order chi connectivity index (χ1) is 18.6. The number of ketones is 2. The summed E-state index contributed by atoms with van der Waals surface area (Å²) in [5.41, 5.74) is 0.779. The van der Waals surface area contributed by atoms with Crippen molar-refractivity contribution in [1.29, 1.82) is 0 Å². The van der Waals surface area contributed by atoms with Crippen LogP contribution in [0.2, 0.25) is 0 Å². The highest BCUT2D eigenvalue weighted by molar-refractivity contribution is 6.11. The number of rotatable bonds is 6. The van der Waals surface area contributed by atoms with Crippen molar-refractivity contribution >= 4 is 39.4 Å². The van der Waals surface area contributed by atoms with Gasteiger partial charge in [-0.15, -0.1) is 0 Å². The van der Waals surface area contributed by atoms with E-state index in [1.165, 1.54) is 0 Å². The Hall–Kier alpha value is -3.46. The van der Waals surface area contributed by atoms with Crippen LogP contribution >= 0.6 is 0 Å². The highest BCUT2D eigenvalue weighted by atomic mass is 16.6. The number of piperidine rings is 1. The molecule has 1 aliphatic carbocycles. The van der Waals surface area contributed by atoms with Crippen molar-refractivity contribution in [2.75, 3.05) is 33.3 Å². The highest BCUT2D eigenvalue weighted by Crippen LogP contribution is 2.37. The number of amides is 1. The largest absolute Gasteiger partial charge is 0.492 e. The number of carbonyl (C=O) groups is 3. The standard InChI is InChI=1S/C30H37N3O6/c1-30(2,3)38-29(36)33-13-11-20(12-14-33)32(4)15-16-37-22-7-9-23-19(17-22)5-10-26-27(23)28(31-39-26)24-8-6-21(34)18-25(24)35/h5,7,9-10,17,20,24H,6,8,11-16,18H2,1-4H3/t24-/m0/s1. The van der Waals surface area contributed by atoms with Gasteiger partial charge in [-0.05, 0) is 82.1 Å². The summed E-state index contributed by atoms with van der Waals surface area (Å²) in [4.78, 5) is 40.7. The number of carbonyl (C=O) groups excluding carboxylic acids is 3. The molecule has 2 fully saturated rings. The Morgan fingerprint density at radius 2 is 1.90 bits per heavy atom. The number of ether oxygens (including phenoxy) is 2. The van der Waals surface area contributed by atoms with E-state index < -0.39 is 11.5 Å². The Bertz CT molecular complexity index is 1380. The van der Waals surface area contributed by atoms with Gasteiger partial charge in [0.25, 0.3) is 0 Å². The maximum absolute atomic E-state index is 12.6. The fourth-order valence-electron chi connectivity index (χ4n) is 5.57. The Kier molecular flexibility index (Phi) is 7.62. The molecule has 1 atom stereocenters. The summed E-state index contributed by atoms with van der Waals surface area (Å²) < 4.78 is 17.2. The lowest BCUT2D eigenvalue weighted by Crippen LogP contribution is -2.47. The predicted molar refractivity (Wildman–Crippen MR) is 147 cm³/mol. The van der Waals surface area contributed by atoms with E-state index in [0.29, 0.717) is 49.9 Å². The summed E-state index contributed by atoms with van der Waals surface area (Å²) in [7, 11) is 2.10. The average Bonchev–Trinajstić information content (AvgIpc) is 3.32. The maximum Gasteiger partial charge on any atom is 0.410 e. The zero-order valence-corrected chi connectivity index (χ0v) is 23.2. The molecule has 0 bridgehead atoms. The second-order valence-corrected chi connectivity index (χ2v) is 11.7. The number of Topliss-reactive ketones (excluding diaryl/α,β-unsaturated/α-hetero) is 2. The highest BCUT2D eigenvalue weighted by Gasteiger charge is 2.32. The van der Waals surface area contributed by atoms with Crippen LogP contribution in [-0.4, -0.2) is 77.5 Å². The Balaban J connectivity index is 1.18. The van der Waals surface area contributed by atoms with Crippen LogP contribution in [0.1, 0.15) is 64.5 Å². The minimum Gasteiger partial charge on any atom is -0.492 e. The molecule has 9 nitrogen and oxygen atoms in total. The van der Waals surface area contributed by atoms with Crippen molar-refractivity contribution in [3.8, 4) is 5.75 Å². The molecular weight excluding hydrogens is 498 g/mol. The molecule has 9 heteroatoms. The number of fused-ring (bicyclic) bond motifs is 3. The molecule has 39 heavy (non-hydrogen) atoms. The lowest BCUT2D eigenvalue weighted by Gasteiger charge is -2.37. The predicted octanol–water partition coefficient (Wildman–Crippen LogP) is 5.10. The van der Waals surface area contributed by atoms with Crippen molar-refractivity contribution in [1.82, 2.24) is 15.0 Å². The van der Waals surface area contributed by atoms with E-state index in [9.17, 15) is 14.4 Å².